The zero-order valence-electron chi connectivity index (χ0n) is 10.1. The molecule has 6 nitrogen and oxygen atoms in total. The summed E-state index contributed by atoms with van der Waals surface area (Å²) >= 11 is 0. The van der Waals surface area contributed by atoms with E-state index >= 15 is 0 Å². The van der Waals surface area contributed by atoms with Gasteiger partial charge in [0.1, 0.15) is 0 Å². The second kappa shape index (κ2) is 5.92. The van der Waals surface area contributed by atoms with E-state index in [0.717, 1.165) is 0 Å². The van der Waals surface area contributed by atoms with Gasteiger partial charge in [0.2, 0.25) is 0 Å². The number of hydrogen-bond acceptors (Lipinski definition) is 4. The average molecular weight is 251 g/mol. The molecule has 0 spiro atoms. The zero-order chi connectivity index (χ0) is 12.2. The van der Waals surface area contributed by atoms with Gasteiger partial charge in [-0.2, -0.15) is 17.0 Å². The maximum Gasteiger partial charge on any atom is 0.281 e. The lowest BCUT2D eigenvalue weighted by Crippen LogP contribution is -2.54. The average Bonchev–Trinajstić information content (AvgIpc) is 2.25. The summed E-state index contributed by atoms with van der Waals surface area (Å²) in [4.78, 5) is 0. The van der Waals surface area contributed by atoms with Crippen LogP contribution in [-0.2, 0) is 14.9 Å². The van der Waals surface area contributed by atoms with Gasteiger partial charge < -0.3 is 10.1 Å². The molecule has 1 aliphatic heterocycles. The molecular weight excluding hydrogens is 230 g/mol. The Morgan fingerprint density at radius 1 is 1.56 bits per heavy atom. The number of rotatable bonds is 5. The quantitative estimate of drug-likeness (QED) is 0.688. The number of nitrogens with one attached hydrogen (secondary N) is 1. The molecule has 1 saturated heterocycles. The first kappa shape index (κ1) is 13.9. The van der Waals surface area contributed by atoms with E-state index in [0.29, 0.717) is 32.8 Å². The molecule has 0 bridgehead atoms. The van der Waals surface area contributed by atoms with Gasteiger partial charge in [-0.25, -0.2) is 0 Å². The van der Waals surface area contributed by atoms with Gasteiger partial charge in [0.05, 0.1) is 6.61 Å². The van der Waals surface area contributed by atoms with E-state index in [4.69, 9.17) is 4.74 Å². The molecule has 16 heavy (non-hydrogen) atoms. The summed E-state index contributed by atoms with van der Waals surface area (Å²) in [5, 5.41) is 3.22. The SMILES string of the molecule is COCCN(C)S(=O)(=O)N1CCNC(C)C1. The first-order valence-electron chi connectivity index (χ1n) is 5.42. The van der Waals surface area contributed by atoms with E-state index in [1.165, 1.54) is 8.61 Å². The lowest BCUT2D eigenvalue weighted by atomic mass is 10.3. The standard InChI is InChI=1S/C9H21N3O3S/c1-9-8-12(5-4-10-9)16(13,14)11(2)6-7-15-3/h9-10H,4-8H2,1-3H3. The molecule has 0 aliphatic carbocycles. The minimum Gasteiger partial charge on any atom is -0.383 e. The minimum atomic E-state index is -3.32. The first-order chi connectivity index (χ1) is 7.48. The van der Waals surface area contributed by atoms with E-state index in [1.807, 2.05) is 6.92 Å². The van der Waals surface area contributed by atoms with Gasteiger partial charge in [-0.3, -0.25) is 0 Å². The normalized spacial score (nSPS) is 23.9. The van der Waals surface area contributed by atoms with Crippen LogP contribution in [0, 0.1) is 0 Å². The molecule has 1 unspecified atom stereocenters. The van der Waals surface area contributed by atoms with Crippen LogP contribution in [0.25, 0.3) is 0 Å². The van der Waals surface area contributed by atoms with Gasteiger partial charge in [-0.05, 0) is 6.92 Å². The Balaban J connectivity index is 2.61. The first-order valence-corrected chi connectivity index (χ1v) is 6.82. The molecule has 0 aromatic carbocycles. The fourth-order valence-corrected chi connectivity index (χ4v) is 3.07. The molecule has 1 heterocycles. The molecule has 0 aromatic rings. The van der Waals surface area contributed by atoms with E-state index in [-0.39, 0.29) is 6.04 Å². The van der Waals surface area contributed by atoms with Crippen molar-refractivity contribution in [1.29, 1.82) is 0 Å². The molecule has 0 aromatic heterocycles. The molecule has 1 rings (SSSR count). The van der Waals surface area contributed by atoms with E-state index < -0.39 is 10.2 Å². The predicted molar refractivity (Wildman–Crippen MR) is 62.5 cm³/mol. The minimum absolute atomic E-state index is 0.208. The van der Waals surface area contributed by atoms with Gasteiger partial charge in [0.25, 0.3) is 10.2 Å². The summed E-state index contributed by atoms with van der Waals surface area (Å²) in [5.74, 6) is 0. The van der Waals surface area contributed by atoms with Crippen LogP contribution in [0.4, 0.5) is 0 Å². The van der Waals surface area contributed by atoms with Crippen molar-refractivity contribution >= 4 is 10.2 Å². The molecule has 1 atom stereocenters. The summed E-state index contributed by atoms with van der Waals surface area (Å²) < 4.78 is 31.9. The van der Waals surface area contributed by atoms with Crippen LogP contribution in [0.15, 0.2) is 0 Å². The Hall–Kier alpha value is -0.210. The number of likely N-dealkylation sites (N-methyl/N-ethyl adjacent to an activating group) is 1. The van der Waals surface area contributed by atoms with Gasteiger partial charge >= 0.3 is 0 Å². The van der Waals surface area contributed by atoms with Crippen molar-refractivity contribution in [2.75, 3.05) is 46.9 Å². The highest BCUT2D eigenvalue weighted by atomic mass is 32.2. The van der Waals surface area contributed by atoms with Crippen molar-refractivity contribution in [3.63, 3.8) is 0 Å². The fraction of sp³-hybridized carbons (Fsp3) is 1.00. The van der Waals surface area contributed by atoms with Crippen molar-refractivity contribution in [2.24, 2.45) is 0 Å². The number of piperazine rings is 1. The highest BCUT2D eigenvalue weighted by molar-refractivity contribution is 7.86. The van der Waals surface area contributed by atoms with Gasteiger partial charge in [0, 0.05) is 46.4 Å². The van der Waals surface area contributed by atoms with Gasteiger partial charge in [-0.15, -0.1) is 0 Å². The summed E-state index contributed by atoms with van der Waals surface area (Å²) in [7, 11) is -0.173. The van der Waals surface area contributed by atoms with Crippen LogP contribution >= 0.6 is 0 Å². The van der Waals surface area contributed by atoms with Crippen molar-refractivity contribution in [3.8, 4) is 0 Å². The summed E-state index contributed by atoms with van der Waals surface area (Å²) in [5.41, 5.74) is 0. The Morgan fingerprint density at radius 3 is 2.81 bits per heavy atom. The van der Waals surface area contributed by atoms with Crippen LogP contribution in [0.1, 0.15) is 6.92 Å². The third-order valence-electron chi connectivity index (χ3n) is 2.66. The van der Waals surface area contributed by atoms with Crippen LogP contribution in [0.3, 0.4) is 0 Å². The van der Waals surface area contributed by atoms with E-state index in [9.17, 15) is 8.42 Å². The van der Waals surface area contributed by atoms with Crippen LogP contribution in [0.2, 0.25) is 0 Å². The van der Waals surface area contributed by atoms with Crippen molar-refractivity contribution < 1.29 is 13.2 Å². The zero-order valence-corrected chi connectivity index (χ0v) is 11.0. The molecule has 1 fully saturated rings. The molecule has 0 saturated carbocycles. The van der Waals surface area contributed by atoms with Crippen LogP contribution in [-0.4, -0.2) is 70.0 Å². The molecular formula is C9H21N3O3S. The second-order valence-electron chi connectivity index (χ2n) is 4.04. The molecule has 96 valence electrons. The Morgan fingerprint density at radius 2 is 2.25 bits per heavy atom. The predicted octanol–water partition coefficient (Wildman–Crippen LogP) is -0.897. The molecule has 1 N–H and O–H groups in total. The van der Waals surface area contributed by atoms with E-state index in [2.05, 4.69) is 5.32 Å². The Labute approximate surface area is 97.7 Å². The second-order valence-corrected chi connectivity index (χ2v) is 6.07. The number of nitrogens with zero attached hydrogens (tertiary/aromatic N) is 2. The third-order valence-corrected chi connectivity index (χ3v) is 4.62. The van der Waals surface area contributed by atoms with Gasteiger partial charge in [-0.1, -0.05) is 0 Å². The molecule has 7 heteroatoms. The summed E-state index contributed by atoms with van der Waals surface area (Å²) in [6.45, 7) is 4.55. The van der Waals surface area contributed by atoms with E-state index in [1.54, 1.807) is 14.2 Å². The van der Waals surface area contributed by atoms with Crippen LogP contribution in [0.5, 0.6) is 0 Å². The number of methoxy groups -OCH3 is 1. The topological polar surface area (TPSA) is 61.9 Å². The largest absolute Gasteiger partial charge is 0.383 e. The lowest BCUT2D eigenvalue weighted by Gasteiger charge is -2.33. The number of hydrogen-bond donors (Lipinski definition) is 1. The third kappa shape index (κ3) is 3.39. The maximum absolute atomic E-state index is 12.1. The molecule has 1 aliphatic rings. The summed E-state index contributed by atoms with van der Waals surface area (Å²) in [6.07, 6.45) is 0. The Kier molecular flexibility index (Phi) is 5.13. The fourth-order valence-electron chi connectivity index (χ4n) is 1.64. The lowest BCUT2D eigenvalue weighted by molar-refractivity contribution is 0.181. The highest BCUT2D eigenvalue weighted by Gasteiger charge is 2.29. The van der Waals surface area contributed by atoms with Crippen molar-refractivity contribution in [1.82, 2.24) is 13.9 Å². The monoisotopic (exact) mass is 251 g/mol. The van der Waals surface area contributed by atoms with Gasteiger partial charge in [0.15, 0.2) is 0 Å². The highest BCUT2D eigenvalue weighted by Crippen LogP contribution is 2.09. The smallest absolute Gasteiger partial charge is 0.281 e. The van der Waals surface area contributed by atoms with Crippen molar-refractivity contribution in [3.05, 3.63) is 0 Å². The molecule has 0 amide bonds. The Bertz CT molecular complexity index is 307. The van der Waals surface area contributed by atoms with Crippen molar-refractivity contribution in [2.45, 2.75) is 13.0 Å². The van der Waals surface area contributed by atoms with Crippen LogP contribution < -0.4 is 5.32 Å². The maximum atomic E-state index is 12.1. The molecule has 0 radical (unpaired) electrons. The number of ether oxygens (including phenoxy) is 1. The summed E-state index contributed by atoms with van der Waals surface area (Å²) in [6, 6.07) is 0.208.